The normalized spacial score (nSPS) is 11.2. The van der Waals surface area contributed by atoms with E-state index in [9.17, 15) is 13.2 Å². The van der Waals surface area contributed by atoms with Gasteiger partial charge in [0.25, 0.3) is 5.91 Å². The van der Waals surface area contributed by atoms with Gasteiger partial charge in [0.05, 0.1) is 11.9 Å². The number of hydrogen-bond acceptors (Lipinski definition) is 4. The molecule has 0 aliphatic rings. The van der Waals surface area contributed by atoms with Crippen molar-refractivity contribution in [2.24, 2.45) is 0 Å². The van der Waals surface area contributed by atoms with Crippen LogP contribution in [0.1, 0.15) is 22.3 Å². The molecule has 21 heavy (non-hydrogen) atoms. The zero-order valence-corrected chi connectivity index (χ0v) is 13.7. The highest BCUT2D eigenvalue weighted by Crippen LogP contribution is 2.22. The first-order chi connectivity index (χ1) is 9.77. The molecule has 0 bridgehead atoms. The van der Waals surface area contributed by atoms with Gasteiger partial charge in [0.2, 0.25) is 10.0 Å². The van der Waals surface area contributed by atoms with Crippen molar-refractivity contribution >= 4 is 21.6 Å². The summed E-state index contributed by atoms with van der Waals surface area (Å²) >= 11 is 0. The van der Waals surface area contributed by atoms with Crippen LogP contribution in [0.25, 0.3) is 0 Å². The Morgan fingerprint density at radius 3 is 2.62 bits per heavy atom. The highest BCUT2D eigenvalue weighted by Gasteiger charge is 2.16. The molecular formula is C14H22N2O4S. The van der Waals surface area contributed by atoms with Crippen molar-refractivity contribution in [3.05, 3.63) is 29.3 Å². The number of anilines is 1. The monoisotopic (exact) mass is 314 g/mol. The summed E-state index contributed by atoms with van der Waals surface area (Å²) in [6.07, 6.45) is 1.86. The number of methoxy groups -OCH3 is 1. The molecule has 0 atom stereocenters. The Morgan fingerprint density at radius 1 is 1.38 bits per heavy atom. The lowest BCUT2D eigenvalue weighted by Crippen LogP contribution is -2.28. The third-order valence-electron chi connectivity index (χ3n) is 3.12. The summed E-state index contributed by atoms with van der Waals surface area (Å²) in [6.45, 7) is 2.89. The predicted molar refractivity (Wildman–Crippen MR) is 83.3 cm³/mol. The molecule has 0 radical (unpaired) electrons. The molecule has 0 aliphatic heterocycles. The van der Waals surface area contributed by atoms with E-state index in [0.29, 0.717) is 24.4 Å². The van der Waals surface area contributed by atoms with E-state index >= 15 is 0 Å². The molecule has 1 N–H and O–H groups in total. The molecule has 0 aromatic heterocycles. The summed E-state index contributed by atoms with van der Waals surface area (Å²) in [6, 6.07) is 5.00. The fourth-order valence-corrected chi connectivity index (χ4v) is 2.34. The van der Waals surface area contributed by atoms with Gasteiger partial charge in [-0.3, -0.25) is 9.10 Å². The second-order valence-corrected chi connectivity index (χ2v) is 6.85. The van der Waals surface area contributed by atoms with E-state index in [-0.39, 0.29) is 5.91 Å². The van der Waals surface area contributed by atoms with Gasteiger partial charge in [-0.05, 0) is 31.0 Å². The highest BCUT2D eigenvalue weighted by atomic mass is 32.2. The number of rotatable bonds is 7. The SMILES string of the molecule is COCCCNC(=O)c1ccc(C)c(N(C)S(C)(=O)=O)c1. The van der Waals surface area contributed by atoms with Crippen molar-refractivity contribution in [1.29, 1.82) is 0 Å². The molecule has 1 amide bonds. The van der Waals surface area contributed by atoms with Crippen LogP contribution in [-0.4, -0.2) is 47.9 Å². The Morgan fingerprint density at radius 2 is 2.05 bits per heavy atom. The summed E-state index contributed by atoms with van der Waals surface area (Å²) in [5.41, 5.74) is 1.73. The summed E-state index contributed by atoms with van der Waals surface area (Å²) in [5.74, 6) is -0.228. The van der Waals surface area contributed by atoms with Crippen LogP contribution in [0, 0.1) is 6.92 Å². The van der Waals surface area contributed by atoms with Crippen LogP contribution in [-0.2, 0) is 14.8 Å². The Bertz CT molecular complexity index is 599. The number of benzene rings is 1. The number of carbonyl (C=O) groups excluding carboxylic acids is 1. The van der Waals surface area contributed by atoms with Crippen LogP contribution < -0.4 is 9.62 Å². The van der Waals surface area contributed by atoms with Crippen molar-refractivity contribution in [1.82, 2.24) is 5.32 Å². The van der Waals surface area contributed by atoms with E-state index in [1.54, 1.807) is 32.2 Å². The van der Waals surface area contributed by atoms with Crippen LogP contribution in [0.2, 0.25) is 0 Å². The number of aryl methyl sites for hydroxylation is 1. The van der Waals surface area contributed by atoms with Crippen LogP contribution >= 0.6 is 0 Å². The van der Waals surface area contributed by atoms with Crippen molar-refractivity contribution in [2.75, 3.05) is 37.9 Å². The van der Waals surface area contributed by atoms with Gasteiger partial charge in [0.1, 0.15) is 0 Å². The number of amides is 1. The minimum atomic E-state index is -3.36. The smallest absolute Gasteiger partial charge is 0.251 e. The first-order valence-corrected chi connectivity index (χ1v) is 8.44. The number of ether oxygens (including phenoxy) is 1. The number of carbonyl (C=O) groups is 1. The molecule has 1 aromatic carbocycles. The summed E-state index contributed by atoms with van der Waals surface area (Å²) in [5, 5.41) is 2.77. The Kier molecular flexibility index (Phi) is 6.17. The lowest BCUT2D eigenvalue weighted by atomic mass is 10.1. The summed E-state index contributed by atoms with van der Waals surface area (Å²) in [4.78, 5) is 12.0. The van der Waals surface area contributed by atoms with Crippen molar-refractivity contribution in [3.63, 3.8) is 0 Å². The maximum absolute atomic E-state index is 12.0. The highest BCUT2D eigenvalue weighted by molar-refractivity contribution is 7.92. The van der Waals surface area contributed by atoms with Crippen molar-refractivity contribution in [2.45, 2.75) is 13.3 Å². The fourth-order valence-electron chi connectivity index (χ4n) is 1.79. The molecule has 7 heteroatoms. The average molecular weight is 314 g/mol. The standard InChI is InChI=1S/C14H22N2O4S/c1-11-6-7-12(14(17)15-8-5-9-20-3)10-13(11)16(2)21(4,18)19/h6-7,10H,5,8-9H2,1-4H3,(H,15,17). The van der Waals surface area contributed by atoms with Crippen molar-refractivity contribution < 1.29 is 17.9 Å². The summed E-state index contributed by atoms with van der Waals surface area (Å²) < 4.78 is 29.3. The maximum Gasteiger partial charge on any atom is 0.251 e. The van der Waals surface area contributed by atoms with Gasteiger partial charge in [0.15, 0.2) is 0 Å². The molecule has 1 aromatic rings. The fraction of sp³-hybridized carbons (Fsp3) is 0.500. The number of hydrogen-bond donors (Lipinski definition) is 1. The molecular weight excluding hydrogens is 292 g/mol. The molecule has 1 rings (SSSR count). The molecule has 0 aliphatic carbocycles. The second-order valence-electron chi connectivity index (χ2n) is 4.83. The Labute approximate surface area is 126 Å². The van der Waals surface area contributed by atoms with Gasteiger partial charge in [-0.2, -0.15) is 0 Å². The van der Waals surface area contributed by atoms with Gasteiger partial charge in [0, 0.05) is 32.9 Å². The lowest BCUT2D eigenvalue weighted by molar-refractivity contribution is 0.0948. The zero-order valence-electron chi connectivity index (χ0n) is 12.8. The van der Waals surface area contributed by atoms with E-state index < -0.39 is 10.0 Å². The van der Waals surface area contributed by atoms with E-state index in [2.05, 4.69) is 5.32 Å². The molecule has 0 saturated heterocycles. The molecule has 0 fully saturated rings. The van der Waals surface area contributed by atoms with Gasteiger partial charge in [-0.25, -0.2) is 8.42 Å². The second kappa shape index (κ2) is 7.42. The molecule has 6 nitrogen and oxygen atoms in total. The molecule has 0 unspecified atom stereocenters. The zero-order chi connectivity index (χ0) is 16.0. The Hall–Kier alpha value is -1.60. The predicted octanol–water partition coefficient (Wildman–Crippen LogP) is 1.16. The van der Waals surface area contributed by atoms with Crippen LogP contribution in [0.4, 0.5) is 5.69 Å². The average Bonchev–Trinajstić information content (AvgIpc) is 2.42. The van der Waals surface area contributed by atoms with E-state index in [1.165, 1.54) is 11.4 Å². The molecule has 0 spiro atoms. The first kappa shape index (κ1) is 17.5. The number of nitrogens with one attached hydrogen (secondary N) is 1. The first-order valence-electron chi connectivity index (χ1n) is 6.59. The molecule has 0 heterocycles. The topological polar surface area (TPSA) is 75.7 Å². The summed E-state index contributed by atoms with van der Waals surface area (Å²) in [7, 11) is -0.284. The third kappa shape index (κ3) is 5.02. The number of nitrogens with zero attached hydrogens (tertiary/aromatic N) is 1. The van der Waals surface area contributed by atoms with Crippen LogP contribution in [0.3, 0.4) is 0 Å². The minimum absolute atomic E-state index is 0.228. The molecule has 0 saturated carbocycles. The van der Waals surface area contributed by atoms with Crippen LogP contribution in [0.5, 0.6) is 0 Å². The lowest BCUT2D eigenvalue weighted by Gasteiger charge is -2.19. The Balaban J connectivity index is 2.89. The molecule has 118 valence electrons. The van der Waals surface area contributed by atoms with Crippen molar-refractivity contribution in [3.8, 4) is 0 Å². The third-order valence-corrected chi connectivity index (χ3v) is 4.31. The largest absolute Gasteiger partial charge is 0.385 e. The minimum Gasteiger partial charge on any atom is -0.385 e. The van der Waals surface area contributed by atoms with E-state index in [1.807, 2.05) is 0 Å². The van der Waals surface area contributed by atoms with Gasteiger partial charge in [-0.15, -0.1) is 0 Å². The van der Waals surface area contributed by atoms with Gasteiger partial charge in [-0.1, -0.05) is 6.07 Å². The van der Waals surface area contributed by atoms with E-state index in [0.717, 1.165) is 18.2 Å². The van der Waals surface area contributed by atoms with Gasteiger partial charge < -0.3 is 10.1 Å². The number of sulfonamides is 1. The van der Waals surface area contributed by atoms with E-state index in [4.69, 9.17) is 4.74 Å². The van der Waals surface area contributed by atoms with Crippen LogP contribution in [0.15, 0.2) is 18.2 Å². The maximum atomic E-state index is 12.0. The quantitative estimate of drug-likeness (QED) is 0.766. The van der Waals surface area contributed by atoms with Gasteiger partial charge >= 0.3 is 0 Å².